The van der Waals surface area contributed by atoms with E-state index in [4.69, 9.17) is 5.11 Å². The van der Waals surface area contributed by atoms with Crippen molar-refractivity contribution in [2.45, 2.75) is 0 Å². The molecule has 1 aromatic carbocycles. The maximum absolute atomic E-state index is 13.1. The average molecular weight is 324 g/mol. The van der Waals surface area contributed by atoms with E-state index in [-0.39, 0.29) is 0 Å². The van der Waals surface area contributed by atoms with Crippen molar-refractivity contribution in [3.8, 4) is 0 Å². The molecule has 1 aromatic rings. The van der Waals surface area contributed by atoms with Crippen LogP contribution in [0, 0.1) is 5.82 Å². The van der Waals surface area contributed by atoms with Gasteiger partial charge in [-0.3, -0.25) is 0 Å². The Bertz CT molecular complexity index is 379. The largest absolute Gasteiger partial charge is 0.478 e. The highest BCUT2D eigenvalue weighted by atomic mass is 79.9. The van der Waals surface area contributed by atoms with Gasteiger partial charge in [-0.2, -0.15) is 0 Å². The van der Waals surface area contributed by atoms with Crippen LogP contribution in [0.5, 0.6) is 0 Å². The maximum Gasteiger partial charge on any atom is 0.328 e. The van der Waals surface area contributed by atoms with Crippen LogP contribution in [0.25, 0.3) is 6.08 Å². The lowest BCUT2D eigenvalue weighted by molar-refractivity contribution is -0.131. The predicted molar refractivity (Wildman–Crippen MR) is 58.5 cm³/mol. The first kappa shape index (κ1) is 11.4. The van der Waals surface area contributed by atoms with Crippen LogP contribution >= 0.6 is 31.9 Å². The molecule has 0 amide bonds. The summed E-state index contributed by atoms with van der Waals surface area (Å²) in [5, 5.41) is 8.37. The molecule has 14 heavy (non-hydrogen) atoms. The first-order chi connectivity index (χ1) is 6.50. The number of halogens is 3. The summed E-state index contributed by atoms with van der Waals surface area (Å²) in [6, 6.07) is 2.86. The van der Waals surface area contributed by atoms with E-state index >= 15 is 0 Å². The minimum Gasteiger partial charge on any atom is -0.478 e. The fourth-order valence-electron chi connectivity index (χ4n) is 0.839. The SMILES string of the molecule is O=C(O)C=Cc1cc(F)c(Br)c(Br)c1. The number of hydrogen-bond donors (Lipinski definition) is 1. The number of benzene rings is 1. The monoisotopic (exact) mass is 322 g/mol. The Morgan fingerprint density at radius 1 is 1.43 bits per heavy atom. The van der Waals surface area contributed by atoms with Gasteiger partial charge >= 0.3 is 5.97 Å². The Labute approximate surface area is 96.7 Å². The van der Waals surface area contributed by atoms with E-state index in [2.05, 4.69) is 31.9 Å². The van der Waals surface area contributed by atoms with E-state index in [9.17, 15) is 9.18 Å². The van der Waals surface area contributed by atoms with Gasteiger partial charge in [0.05, 0.1) is 4.47 Å². The Balaban J connectivity index is 3.07. The predicted octanol–water partition coefficient (Wildman–Crippen LogP) is 3.45. The van der Waals surface area contributed by atoms with Gasteiger partial charge in [0.15, 0.2) is 0 Å². The summed E-state index contributed by atoms with van der Waals surface area (Å²) in [5.74, 6) is -1.51. The highest BCUT2D eigenvalue weighted by molar-refractivity contribution is 9.13. The van der Waals surface area contributed by atoms with Crippen LogP contribution in [0.2, 0.25) is 0 Å². The molecule has 0 atom stereocenters. The van der Waals surface area contributed by atoms with Crippen LogP contribution in [-0.2, 0) is 4.79 Å². The van der Waals surface area contributed by atoms with E-state index in [1.54, 1.807) is 6.07 Å². The Morgan fingerprint density at radius 2 is 2.07 bits per heavy atom. The molecule has 0 saturated heterocycles. The Hall–Kier alpha value is -0.680. The molecule has 0 fully saturated rings. The fourth-order valence-corrected chi connectivity index (χ4v) is 1.52. The lowest BCUT2D eigenvalue weighted by Gasteiger charge is -2.00. The van der Waals surface area contributed by atoms with Crippen molar-refractivity contribution < 1.29 is 14.3 Å². The zero-order valence-corrected chi connectivity index (χ0v) is 9.97. The smallest absolute Gasteiger partial charge is 0.328 e. The Kier molecular flexibility index (Phi) is 3.83. The summed E-state index contributed by atoms with van der Waals surface area (Å²) >= 11 is 6.17. The number of aliphatic carboxylic acids is 1. The molecule has 1 rings (SSSR count). The molecule has 0 unspecified atom stereocenters. The van der Waals surface area contributed by atoms with Crippen LogP contribution in [-0.4, -0.2) is 11.1 Å². The molecule has 0 aliphatic carbocycles. The molecule has 0 aliphatic heterocycles. The van der Waals surface area contributed by atoms with Crippen molar-refractivity contribution in [1.82, 2.24) is 0 Å². The summed E-state index contributed by atoms with van der Waals surface area (Å²) in [6.07, 6.45) is 2.28. The van der Waals surface area contributed by atoms with E-state index < -0.39 is 11.8 Å². The summed E-state index contributed by atoms with van der Waals surface area (Å²) in [7, 11) is 0. The molecule has 0 saturated carbocycles. The second-order valence-corrected chi connectivity index (χ2v) is 4.12. The molecule has 0 bridgehead atoms. The zero-order valence-electron chi connectivity index (χ0n) is 6.80. The second-order valence-electron chi connectivity index (χ2n) is 2.47. The number of carboxylic acid groups (broad SMARTS) is 1. The topological polar surface area (TPSA) is 37.3 Å². The third kappa shape index (κ3) is 2.92. The van der Waals surface area contributed by atoms with Crippen LogP contribution in [0.3, 0.4) is 0 Å². The zero-order chi connectivity index (χ0) is 10.7. The summed E-state index contributed by atoms with van der Waals surface area (Å²) in [4.78, 5) is 10.2. The van der Waals surface area contributed by atoms with Crippen LogP contribution in [0.15, 0.2) is 27.2 Å². The molecule has 5 heteroatoms. The van der Waals surface area contributed by atoms with Crippen molar-refractivity contribution >= 4 is 43.9 Å². The molecule has 0 aromatic heterocycles. The third-order valence-corrected chi connectivity index (χ3v) is 3.39. The van der Waals surface area contributed by atoms with Crippen molar-refractivity contribution in [3.63, 3.8) is 0 Å². The van der Waals surface area contributed by atoms with E-state index in [0.717, 1.165) is 6.08 Å². The number of carbonyl (C=O) groups is 1. The van der Waals surface area contributed by atoms with Crippen LogP contribution < -0.4 is 0 Å². The Morgan fingerprint density at radius 3 is 2.57 bits per heavy atom. The standard InChI is InChI=1S/C9H5Br2FO2/c10-6-3-5(1-2-8(13)14)4-7(12)9(6)11/h1-4H,(H,13,14). The highest BCUT2D eigenvalue weighted by Gasteiger charge is 2.04. The molecule has 1 N–H and O–H groups in total. The lowest BCUT2D eigenvalue weighted by atomic mass is 10.2. The molecular formula is C9H5Br2FO2. The summed E-state index contributed by atoms with van der Waals surface area (Å²) in [6.45, 7) is 0. The first-order valence-corrected chi connectivity index (χ1v) is 5.15. The molecule has 2 nitrogen and oxygen atoms in total. The number of hydrogen-bond acceptors (Lipinski definition) is 1. The molecule has 0 heterocycles. The molecule has 74 valence electrons. The van der Waals surface area contributed by atoms with Gasteiger partial charge < -0.3 is 5.11 Å². The minimum atomic E-state index is -1.07. The van der Waals surface area contributed by atoms with Crippen LogP contribution in [0.1, 0.15) is 5.56 Å². The molecule has 0 radical (unpaired) electrons. The summed E-state index contributed by atoms with van der Waals surface area (Å²) < 4.78 is 14.0. The van der Waals surface area contributed by atoms with Crippen molar-refractivity contribution in [1.29, 1.82) is 0 Å². The van der Waals surface area contributed by atoms with Gasteiger partial charge in [-0.15, -0.1) is 0 Å². The number of carboxylic acids is 1. The van der Waals surface area contributed by atoms with Gasteiger partial charge in [0.25, 0.3) is 0 Å². The van der Waals surface area contributed by atoms with Gasteiger partial charge in [-0.05, 0) is 55.6 Å². The first-order valence-electron chi connectivity index (χ1n) is 3.56. The second kappa shape index (κ2) is 4.70. The molecular weight excluding hydrogens is 319 g/mol. The minimum absolute atomic E-state index is 0.324. The van der Waals surface area contributed by atoms with E-state index in [1.165, 1.54) is 12.1 Å². The highest BCUT2D eigenvalue weighted by Crippen LogP contribution is 2.27. The quantitative estimate of drug-likeness (QED) is 0.668. The fraction of sp³-hybridized carbons (Fsp3) is 0. The average Bonchev–Trinajstić information content (AvgIpc) is 2.10. The van der Waals surface area contributed by atoms with Crippen molar-refractivity contribution in [2.24, 2.45) is 0 Å². The van der Waals surface area contributed by atoms with Crippen LogP contribution in [0.4, 0.5) is 4.39 Å². The number of rotatable bonds is 2. The molecule has 0 spiro atoms. The van der Waals surface area contributed by atoms with Gasteiger partial charge in [0, 0.05) is 10.5 Å². The van der Waals surface area contributed by atoms with Crippen molar-refractivity contribution in [3.05, 3.63) is 38.5 Å². The maximum atomic E-state index is 13.1. The van der Waals surface area contributed by atoms with E-state index in [0.29, 0.717) is 14.5 Å². The molecule has 0 aliphatic rings. The van der Waals surface area contributed by atoms with Gasteiger partial charge in [-0.1, -0.05) is 0 Å². The van der Waals surface area contributed by atoms with Gasteiger partial charge in [0.2, 0.25) is 0 Å². The van der Waals surface area contributed by atoms with Gasteiger partial charge in [-0.25, -0.2) is 9.18 Å². The van der Waals surface area contributed by atoms with E-state index in [1.807, 2.05) is 0 Å². The van der Waals surface area contributed by atoms with Crippen molar-refractivity contribution in [2.75, 3.05) is 0 Å². The normalized spacial score (nSPS) is 10.8. The summed E-state index contributed by atoms with van der Waals surface area (Å²) in [5.41, 5.74) is 0.486. The third-order valence-electron chi connectivity index (χ3n) is 1.42. The van der Waals surface area contributed by atoms with Gasteiger partial charge in [0.1, 0.15) is 5.82 Å². The lowest BCUT2D eigenvalue weighted by Crippen LogP contribution is -1.87.